The zero-order valence-electron chi connectivity index (χ0n) is 18.9. The van der Waals surface area contributed by atoms with Gasteiger partial charge >= 0.3 is 5.76 Å². The van der Waals surface area contributed by atoms with Gasteiger partial charge in [-0.1, -0.05) is 0 Å². The molecular formula is C25H27FN4O4. The van der Waals surface area contributed by atoms with E-state index in [1.807, 2.05) is 24.3 Å². The number of benzene rings is 2. The van der Waals surface area contributed by atoms with Gasteiger partial charge in [-0.2, -0.15) is 0 Å². The Labute approximate surface area is 195 Å². The van der Waals surface area contributed by atoms with Gasteiger partial charge in [-0.05, 0) is 61.8 Å². The van der Waals surface area contributed by atoms with E-state index in [1.54, 1.807) is 19.4 Å². The molecular weight excluding hydrogens is 439 g/mol. The summed E-state index contributed by atoms with van der Waals surface area (Å²) in [5, 5.41) is 15.3. The average Bonchev–Trinajstić information content (AvgIpc) is 3.21. The Bertz CT molecular complexity index is 1360. The molecule has 0 saturated carbocycles. The topological polar surface area (TPSA) is 104 Å². The molecule has 0 aliphatic carbocycles. The number of aliphatic hydroxyl groups is 1. The Kier molecular flexibility index (Phi) is 6.32. The molecule has 0 bridgehead atoms. The summed E-state index contributed by atoms with van der Waals surface area (Å²) in [6.45, 7) is 2.54. The number of hydrogen-bond donors (Lipinski definition) is 3. The van der Waals surface area contributed by atoms with Crippen molar-refractivity contribution in [3.05, 3.63) is 70.1 Å². The number of pyridine rings is 1. The third-order valence-corrected chi connectivity index (χ3v) is 6.53. The van der Waals surface area contributed by atoms with E-state index in [0.29, 0.717) is 29.8 Å². The molecule has 2 aromatic heterocycles. The van der Waals surface area contributed by atoms with Crippen LogP contribution in [0.4, 0.5) is 4.39 Å². The first-order valence-corrected chi connectivity index (χ1v) is 11.4. The van der Waals surface area contributed by atoms with Crippen LogP contribution in [0, 0.1) is 5.82 Å². The van der Waals surface area contributed by atoms with Crippen molar-refractivity contribution < 1.29 is 18.7 Å². The summed E-state index contributed by atoms with van der Waals surface area (Å²) in [4.78, 5) is 20.4. The Morgan fingerprint density at radius 3 is 2.91 bits per heavy atom. The van der Waals surface area contributed by atoms with Gasteiger partial charge in [0.25, 0.3) is 0 Å². The third kappa shape index (κ3) is 4.68. The summed E-state index contributed by atoms with van der Waals surface area (Å²) >= 11 is 0. The smallest absolute Gasteiger partial charge is 0.417 e. The standard InChI is InChI=1S/C25H27FN4O4/c1-33-17-2-3-21-19(11-17)18(4-7-27-21)23(31)14-30-8-5-16(6-9-30)28-13-15-10-24-22(12-20(15)26)29-25(32)34-24/h2-4,7,10-12,16,23,28,31H,5-6,8-9,13-14H2,1H3,(H,29,32)/t23-/m0/s1. The van der Waals surface area contributed by atoms with Crippen LogP contribution in [0.25, 0.3) is 22.0 Å². The van der Waals surface area contributed by atoms with Crippen LogP contribution in [0.15, 0.2) is 51.8 Å². The Balaban J connectivity index is 1.17. The van der Waals surface area contributed by atoms with Gasteiger partial charge in [0, 0.05) is 42.3 Å². The fourth-order valence-corrected chi connectivity index (χ4v) is 4.63. The number of H-pyrrole nitrogens is 1. The molecule has 1 saturated heterocycles. The lowest BCUT2D eigenvalue weighted by atomic mass is 10.0. The molecule has 0 radical (unpaired) electrons. The SMILES string of the molecule is COc1ccc2nccc([C@@H](O)CN3CCC(NCc4cc5oc(=O)[nH]c5cc4F)CC3)c2c1. The minimum Gasteiger partial charge on any atom is -0.497 e. The number of β-amino-alcohol motifs (C(OH)–C–C–N with tert-alkyl or cyclic N) is 1. The van der Waals surface area contributed by atoms with Gasteiger partial charge in [-0.15, -0.1) is 0 Å². The molecule has 1 aliphatic rings. The van der Waals surface area contributed by atoms with E-state index in [2.05, 4.69) is 20.2 Å². The Morgan fingerprint density at radius 1 is 1.29 bits per heavy atom. The molecule has 8 nitrogen and oxygen atoms in total. The Morgan fingerprint density at radius 2 is 2.12 bits per heavy atom. The number of likely N-dealkylation sites (tertiary alicyclic amines) is 1. The number of rotatable bonds is 7. The van der Waals surface area contributed by atoms with Crippen LogP contribution in [-0.2, 0) is 6.54 Å². The van der Waals surface area contributed by atoms with E-state index in [9.17, 15) is 14.3 Å². The van der Waals surface area contributed by atoms with Crippen molar-refractivity contribution in [3.8, 4) is 5.75 Å². The number of hydrogen-bond acceptors (Lipinski definition) is 7. The second-order valence-electron chi connectivity index (χ2n) is 8.71. The van der Waals surface area contributed by atoms with Crippen molar-refractivity contribution in [3.63, 3.8) is 0 Å². The maximum absolute atomic E-state index is 14.4. The predicted octanol–water partition coefficient (Wildman–Crippen LogP) is 3.10. The first-order valence-electron chi connectivity index (χ1n) is 11.4. The van der Waals surface area contributed by atoms with Crippen molar-refractivity contribution in [2.75, 3.05) is 26.7 Å². The molecule has 1 atom stereocenters. The summed E-state index contributed by atoms with van der Waals surface area (Å²) in [5.74, 6) is -0.234. The van der Waals surface area contributed by atoms with Crippen molar-refractivity contribution in [2.45, 2.75) is 31.5 Å². The normalized spacial score (nSPS) is 16.3. The molecule has 178 valence electrons. The largest absolute Gasteiger partial charge is 0.497 e. The van der Waals surface area contributed by atoms with E-state index >= 15 is 0 Å². The van der Waals surface area contributed by atoms with Crippen molar-refractivity contribution in [1.29, 1.82) is 0 Å². The van der Waals surface area contributed by atoms with Crippen LogP contribution in [0.3, 0.4) is 0 Å². The molecule has 3 heterocycles. The van der Waals surface area contributed by atoms with Crippen molar-refractivity contribution in [1.82, 2.24) is 20.2 Å². The second-order valence-corrected chi connectivity index (χ2v) is 8.71. The van der Waals surface area contributed by atoms with Crippen LogP contribution >= 0.6 is 0 Å². The van der Waals surface area contributed by atoms with Crippen LogP contribution in [0.2, 0.25) is 0 Å². The summed E-state index contributed by atoms with van der Waals surface area (Å²) < 4.78 is 24.7. The lowest BCUT2D eigenvalue weighted by Gasteiger charge is -2.33. The molecule has 0 unspecified atom stereocenters. The lowest BCUT2D eigenvalue weighted by Crippen LogP contribution is -2.43. The van der Waals surface area contributed by atoms with Crippen LogP contribution < -0.4 is 15.8 Å². The number of aromatic amines is 1. The van der Waals surface area contributed by atoms with E-state index in [0.717, 1.165) is 48.1 Å². The van der Waals surface area contributed by atoms with E-state index < -0.39 is 11.9 Å². The summed E-state index contributed by atoms with van der Waals surface area (Å²) in [6, 6.07) is 10.6. The summed E-state index contributed by atoms with van der Waals surface area (Å²) in [6.07, 6.45) is 2.86. The molecule has 34 heavy (non-hydrogen) atoms. The number of halogens is 1. The minimum atomic E-state index is -0.640. The fourth-order valence-electron chi connectivity index (χ4n) is 4.63. The minimum absolute atomic E-state index is 0.243. The van der Waals surface area contributed by atoms with Crippen LogP contribution in [0.1, 0.15) is 30.1 Å². The first kappa shape index (κ1) is 22.5. The zero-order valence-corrected chi connectivity index (χ0v) is 18.9. The van der Waals surface area contributed by atoms with Gasteiger partial charge in [0.05, 0.1) is 24.2 Å². The molecule has 0 amide bonds. The number of oxazole rings is 1. The molecule has 5 rings (SSSR count). The summed E-state index contributed by atoms with van der Waals surface area (Å²) in [5.41, 5.74) is 2.84. The highest BCUT2D eigenvalue weighted by Crippen LogP contribution is 2.28. The van der Waals surface area contributed by atoms with Gasteiger partial charge in [0.1, 0.15) is 11.6 Å². The number of nitrogens with zero attached hydrogens (tertiary/aromatic N) is 2. The van der Waals surface area contributed by atoms with Crippen LogP contribution in [0.5, 0.6) is 5.75 Å². The van der Waals surface area contributed by atoms with E-state index in [4.69, 9.17) is 9.15 Å². The molecule has 2 aromatic carbocycles. The van der Waals surface area contributed by atoms with Gasteiger partial charge in [-0.25, -0.2) is 9.18 Å². The number of aromatic nitrogens is 2. The van der Waals surface area contributed by atoms with Crippen molar-refractivity contribution >= 4 is 22.0 Å². The quantitative estimate of drug-likeness (QED) is 0.385. The average molecular weight is 467 g/mol. The fraction of sp³-hybridized carbons (Fsp3) is 0.360. The molecule has 4 aromatic rings. The maximum Gasteiger partial charge on any atom is 0.417 e. The van der Waals surface area contributed by atoms with Crippen LogP contribution in [-0.4, -0.2) is 52.8 Å². The van der Waals surface area contributed by atoms with Gasteiger partial charge < -0.3 is 24.5 Å². The predicted molar refractivity (Wildman–Crippen MR) is 126 cm³/mol. The van der Waals surface area contributed by atoms with E-state index in [-0.39, 0.29) is 11.9 Å². The van der Waals surface area contributed by atoms with E-state index in [1.165, 1.54) is 6.07 Å². The third-order valence-electron chi connectivity index (χ3n) is 6.53. The molecule has 1 fully saturated rings. The number of piperidine rings is 1. The molecule has 3 N–H and O–H groups in total. The highest BCUT2D eigenvalue weighted by molar-refractivity contribution is 5.83. The van der Waals surface area contributed by atoms with Crippen molar-refractivity contribution in [2.24, 2.45) is 0 Å². The number of methoxy groups -OCH3 is 1. The molecule has 9 heteroatoms. The molecule has 1 aliphatic heterocycles. The number of nitrogens with one attached hydrogen (secondary N) is 2. The highest BCUT2D eigenvalue weighted by atomic mass is 19.1. The number of fused-ring (bicyclic) bond motifs is 2. The monoisotopic (exact) mass is 466 g/mol. The van der Waals surface area contributed by atoms with Gasteiger partial charge in [0.2, 0.25) is 0 Å². The highest BCUT2D eigenvalue weighted by Gasteiger charge is 2.23. The zero-order chi connectivity index (χ0) is 23.7. The second kappa shape index (κ2) is 9.54. The maximum atomic E-state index is 14.4. The number of aliphatic hydroxyl groups excluding tert-OH is 1. The Hall–Kier alpha value is -3.27. The lowest BCUT2D eigenvalue weighted by molar-refractivity contribution is 0.0948. The summed E-state index contributed by atoms with van der Waals surface area (Å²) in [7, 11) is 1.62. The van der Waals surface area contributed by atoms with Gasteiger partial charge in [0.15, 0.2) is 5.58 Å². The first-order chi connectivity index (χ1) is 16.5. The van der Waals surface area contributed by atoms with Gasteiger partial charge in [-0.3, -0.25) is 9.97 Å². The molecule has 0 spiro atoms. The number of ether oxygens (including phenoxy) is 1.